The van der Waals surface area contributed by atoms with E-state index in [9.17, 15) is 4.79 Å². The van der Waals surface area contributed by atoms with Gasteiger partial charge in [-0.2, -0.15) is 0 Å². The molecular weight excluding hydrogens is 230 g/mol. The van der Waals surface area contributed by atoms with E-state index in [-0.39, 0.29) is 18.6 Å². The minimum Gasteiger partial charge on any atom is -0.399 e. The molecular formula is C13H21N3O2. The smallest absolute Gasteiger partial charge is 0.241 e. The molecule has 0 aliphatic rings. The summed E-state index contributed by atoms with van der Waals surface area (Å²) in [5.41, 5.74) is 6.96. The Morgan fingerprint density at radius 1 is 1.44 bits per heavy atom. The van der Waals surface area contributed by atoms with E-state index in [1.54, 1.807) is 24.3 Å². The van der Waals surface area contributed by atoms with Crippen LogP contribution in [0.3, 0.4) is 0 Å². The third kappa shape index (κ3) is 4.01. The van der Waals surface area contributed by atoms with Crippen LogP contribution in [0.5, 0.6) is 0 Å². The van der Waals surface area contributed by atoms with Crippen molar-refractivity contribution in [3.63, 3.8) is 0 Å². The molecule has 1 aromatic rings. The van der Waals surface area contributed by atoms with Crippen LogP contribution in [0.25, 0.3) is 0 Å². The van der Waals surface area contributed by atoms with Crippen molar-refractivity contribution < 1.29 is 9.90 Å². The highest BCUT2D eigenvalue weighted by Crippen LogP contribution is 2.11. The molecule has 0 heterocycles. The predicted molar refractivity (Wildman–Crippen MR) is 73.3 cm³/mol. The number of hydrogen-bond acceptors (Lipinski definition) is 4. The molecule has 0 aromatic heterocycles. The van der Waals surface area contributed by atoms with Gasteiger partial charge >= 0.3 is 0 Å². The van der Waals surface area contributed by atoms with Gasteiger partial charge in [-0.25, -0.2) is 0 Å². The molecule has 0 saturated heterocycles. The Bertz CT molecular complexity index is 378. The average Bonchev–Trinajstić information content (AvgIpc) is 2.37. The number of carbonyl (C=O) groups excluding carboxylic acids is 1. The highest BCUT2D eigenvalue weighted by Gasteiger charge is 2.19. The number of amides is 1. The first kappa shape index (κ1) is 14.5. The Labute approximate surface area is 108 Å². The minimum absolute atomic E-state index is 0.0489. The molecule has 1 aromatic carbocycles. The second-order valence-corrected chi connectivity index (χ2v) is 4.14. The summed E-state index contributed by atoms with van der Waals surface area (Å²) in [5.74, 6) is -0.0879. The molecule has 0 radical (unpaired) electrons. The van der Waals surface area contributed by atoms with Crippen LogP contribution in [0.4, 0.5) is 11.4 Å². The largest absolute Gasteiger partial charge is 0.399 e. The summed E-state index contributed by atoms with van der Waals surface area (Å²) in [4.78, 5) is 13.9. The molecule has 0 saturated carbocycles. The highest BCUT2D eigenvalue weighted by molar-refractivity contribution is 5.94. The number of benzene rings is 1. The molecule has 5 heteroatoms. The summed E-state index contributed by atoms with van der Waals surface area (Å²) < 4.78 is 0. The first-order valence-electron chi connectivity index (χ1n) is 6.09. The van der Waals surface area contributed by atoms with Gasteiger partial charge in [0.2, 0.25) is 5.91 Å². The Hall–Kier alpha value is -1.59. The molecule has 0 spiro atoms. The number of nitrogens with two attached hydrogens (primary N) is 1. The Kier molecular flexibility index (Phi) is 5.61. The van der Waals surface area contributed by atoms with Crippen LogP contribution in [0.2, 0.25) is 0 Å². The molecule has 0 bridgehead atoms. The van der Waals surface area contributed by atoms with E-state index in [4.69, 9.17) is 10.8 Å². The summed E-state index contributed by atoms with van der Waals surface area (Å²) in [6, 6.07) is 6.74. The number of nitrogens with zero attached hydrogens (tertiary/aromatic N) is 1. The number of aliphatic hydroxyl groups is 1. The molecule has 18 heavy (non-hydrogen) atoms. The monoisotopic (exact) mass is 251 g/mol. The van der Waals surface area contributed by atoms with Crippen LogP contribution in [-0.2, 0) is 4.79 Å². The molecule has 0 fully saturated rings. The van der Waals surface area contributed by atoms with Crippen molar-refractivity contribution in [3.8, 4) is 0 Å². The van der Waals surface area contributed by atoms with Gasteiger partial charge in [-0.1, -0.05) is 6.92 Å². The molecule has 4 N–H and O–H groups in total. The topological polar surface area (TPSA) is 78.6 Å². The van der Waals surface area contributed by atoms with Gasteiger partial charge in [0.1, 0.15) is 0 Å². The van der Waals surface area contributed by atoms with Crippen LogP contribution >= 0.6 is 0 Å². The third-order valence-corrected chi connectivity index (χ3v) is 2.90. The van der Waals surface area contributed by atoms with Gasteiger partial charge in [0.15, 0.2) is 0 Å². The highest BCUT2D eigenvalue weighted by atomic mass is 16.3. The number of anilines is 2. The molecule has 0 aliphatic carbocycles. The molecule has 1 unspecified atom stereocenters. The molecule has 1 amide bonds. The van der Waals surface area contributed by atoms with Crippen LogP contribution in [-0.4, -0.2) is 41.7 Å². The van der Waals surface area contributed by atoms with E-state index in [1.807, 2.05) is 18.7 Å². The van der Waals surface area contributed by atoms with E-state index in [0.29, 0.717) is 12.2 Å². The fourth-order valence-corrected chi connectivity index (χ4v) is 1.73. The van der Waals surface area contributed by atoms with Crippen molar-refractivity contribution in [1.82, 2.24) is 4.90 Å². The van der Waals surface area contributed by atoms with Gasteiger partial charge in [-0.05, 0) is 37.7 Å². The van der Waals surface area contributed by atoms with E-state index < -0.39 is 0 Å². The first-order chi connectivity index (χ1) is 8.58. The normalized spacial score (nSPS) is 12.4. The molecule has 1 atom stereocenters. The van der Waals surface area contributed by atoms with E-state index in [1.165, 1.54) is 0 Å². The second-order valence-electron chi connectivity index (χ2n) is 4.14. The maximum absolute atomic E-state index is 12.0. The lowest BCUT2D eigenvalue weighted by molar-refractivity contribution is -0.120. The van der Waals surface area contributed by atoms with E-state index in [2.05, 4.69) is 5.32 Å². The van der Waals surface area contributed by atoms with Crippen LogP contribution in [0, 0.1) is 0 Å². The van der Waals surface area contributed by atoms with Gasteiger partial charge in [-0.3, -0.25) is 9.69 Å². The summed E-state index contributed by atoms with van der Waals surface area (Å²) in [7, 11) is 0. The Balaban J connectivity index is 2.61. The maximum atomic E-state index is 12.0. The summed E-state index contributed by atoms with van der Waals surface area (Å²) in [5, 5.41) is 11.8. The third-order valence-electron chi connectivity index (χ3n) is 2.90. The van der Waals surface area contributed by atoms with Gasteiger partial charge in [-0.15, -0.1) is 0 Å². The number of nitrogen functional groups attached to an aromatic ring is 1. The average molecular weight is 251 g/mol. The lowest BCUT2D eigenvalue weighted by Gasteiger charge is -2.26. The van der Waals surface area contributed by atoms with Crippen molar-refractivity contribution in [3.05, 3.63) is 24.3 Å². The number of carbonyl (C=O) groups is 1. The molecule has 1 rings (SSSR count). The Morgan fingerprint density at radius 2 is 2.06 bits per heavy atom. The predicted octanol–water partition coefficient (Wildman–Crippen LogP) is 0.910. The SMILES string of the molecule is CCN(CCO)C(C)C(=O)Nc1ccc(N)cc1. The van der Waals surface area contributed by atoms with E-state index in [0.717, 1.165) is 12.2 Å². The molecule has 100 valence electrons. The number of hydrogen-bond donors (Lipinski definition) is 3. The van der Waals surface area contributed by atoms with Crippen molar-refractivity contribution in [2.45, 2.75) is 19.9 Å². The van der Waals surface area contributed by atoms with Crippen LogP contribution in [0.1, 0.15) is 13.8 Å². The van der Waals surface area contributed by atoms with Crippen LogP contribution in [0.15, 0.2) is 24.3 Å². The fraction of sp³-hybridized carbons (Fsp3) is 0.462. The van der Waals surface area contributed by atoms with Gasteiger partial charge < -0.3 is 16.2 Å². The van der Waals surface area contributed by atoms with E-state index >= 15 is 0 Å². The zero-order valence-corrected chi connectivity index (χ0v) is 10.9. The summed E-state index contributed by atoms with van der Waals surface area (Å²) in [6.07, 6.45) is 0. The van der Waals surface area contributed by atoms with Crippen molar-refractivity contribution in [2.24, 2.45) is 0 Å². The number of likely N-dealkylation sites (N-methyl/N-ethyl adjacent to an activating group) is 1. The van der Waals surface area contributed by atoms with Gasteiger partial charge in [0.25, 0.3) is 0 Å². The van der Waals surface area contributed by atoms with Crippen molar-refractivity contribution >= 4 is 17.3 Å². The van der Waals surface area contributed by atoms with Crippen LogP contribution < -0.4 is 11.1 Å². The lowest BCUT2D eigenvalue weighted by Crippen LogP contribution is -2.43. The van der Waals surface area contributed by atoms with Gasteiger partial charge in [0, 0.05) is 17.9 Å². The lowest BCUT2D eigenvalue weighted by atomic mass is 10.2. The first-order valence-corrected chi connectivity index (χ1v) is 6.09. The van der Waals surface area contributed by atoms with Crippen molar-refractivity contribution in [1.29, 1.82) is 0 Å². The fourth-order valence-electron chi connectivity index (χ4n) is 1.73. The Morgan fingerprint density at radius 3 is 2.56 bits per heavy atom. The molecule has 0 aliphatic heterocycles. The maximum Gasteiger partial charge on any atom is 0.241 e. The standard InChI is InChI=1S/C13H21N3O2/c1-3-16(8-9-17)10(2)13(18)15-12-6-4-11(14)5-7-12/h4-7,10,17H,3,8-9,14H2,1-2H3,(H,15,18). The second kappa shape index (κ2) is 6.98. The minimum atomic E-state index is -0.278. The number of nitrogens with one attached hydrogen (secondary N) is 1. The van der Waals surface area contributed by atoms with Crippen molar-refractivity contribution in [2.75, 3.05) is 30.7 Å². The summed E-state index contributed by atoms with van der Waals surface area (Å²) >= 11 is 0. The number of aliphatic hydroxyl groups excluding tert-OH is 1. The summed E-state index contributed by atoms with van der Waals surface area (Å²) in [6.45, 7) is 5.05. The van der Waals surface area contributed by atoms with Gasteiger partial charge in [0.05, 0.1) is 12.6 Å². The zero-order valence-electron chi connectivity index (χ0n) is 10.9. The molecule has 5 nitrogen and oxygen atoms in total. The quantitative estimate of drug-likeness (QED) is 0.657. The number of rotatable bonds is 6. The zero-order chi connectivity index (χ0) is 13.5.